The zero-order valence-corrected chi connectivity index (χ0v) is 11.9. The molecule has 8 nitrogen and oxygen atoms in total. The van der Waals surface area contributed by atoms with Crippen molar-refractivity contribution in [1.29, 1.82) is 0 Å². The Hall–Kier alpha value is -1.74. The van der Waals surface area contributed by atoms with Gasteiger partial charge in [0, 0.05) is 19.5 Å². The maximum atomic E-state index is 5.63. The first-order chi connectivity index (χ1) is 9.86. The third-order valence-electron chi connectivity index (χ3n) is 2.91. The molecule has 0 aromatic carbocycles. The van der Waals surface area contributed by atoms with Gasteiger partial charge in [-0.2, -0.15) is 9.36 Å². The van der Waals surface area contributed by atoms with Crippen molar-refractivity contribution in [2.75, 3.05) is 31.2 Å². The van der Waals surface area contributed by atoms with E-state index in [0.29, 0.717) is 30.8 Å². The number of rotatable bonds is 5. The van der Waals surface area contributed by atoms with Crippen molar-refractivity contribution in [2.45, 2.75) is 20.0 Å². The minimum absolute atomic E-state index is 0.204. The summed E-state index contributed by atoms with van der Waals surface area (Å²) in [4.78, 5) is 6.29. The van der Waals surface area contributed by atoms with Crippen molar-refractivity contribution in [1.82, 2.24) is 18.9 Å². The Bertz CT molecular complexity index is 552. The van der Waals surface area contributed by atoms with Gasteiger partial charge < -0.3 is 18.9 Å². The number of ether oxygens (including phenoxy) is 2. The Kier molecular flexibility index (Phi) is 4.07. The fourth-order valence-corrected chi connectivity index (χ4v) is 2.38. The largest absolute Gasteiger partial charge is 0.464 e. The van der Waals surface area contributed by atoms with E-state index >= 15 is 0 Å². The van der Waals surface area contributed by atoms with Crippen LogP contribution < -0.4 is 9.64 Å². The number of morpholine rings is 1. The van der Waals surface area contributed by atoms with Crippen LogP contribution in [0.4, 0.5) is 5.82 Å². The van der Waals surface area contributed by atoms with E-state index in [9.17, 15) is 0 Å². The van der Waals surface area contributed by atoms with Gasteiger partial charge in [0.25, 0.3) is 11.8 Å². The molecule has 3 rings (SSSR count). The normalized spacial score (nSPS) is 15.6. The van der Waals surface area contributed by atoms with E-state index in [-0.39, 0.29) is 6.61 Å². The summed E-state index contributed by atoms with van der Waals surface area (Å²) >= 11 is 1.13. The van der Waals surface area contributed by atoms with Gasteiger partial charge in [-0.25, -0.2) is 0 Å². The quantitative estimate of drug-likeness (QED) is 0.804. The molecule has 1 fully saturated rings. The van der Waals surface area contributed by atoms with E-state index in [2.05, 4.69) is 23.8 Å². The molecule has 9 heteroatoms. The van der Waals surface area contributed by atoms with Crippen molar-refractivity contribution in [3.05, 3.63) is 11.7 Å². The van der Waals surface area contributed by atoms with Gasteiger partial charge in [-0.15, -0.1) is 4.37 Å². The maximum absolute atomic E-state index is 5.63. The SMILES string of the molecule is CCc1noc(COc2nsnc2N2CCOCC2)n1. The van der Waals surface area contributed by atoms with Crippen molar-refractivity contribution < 1.29 is 14.0 Å². The van der Waals surface area contributed by atoms with Crippen LogP contribution in [-0.2, 0) is 17.8 Å². The Balaban J connectivity index is 1.64. The summed E-state index contributed by atoms with van der Waals surface area (Å²) in [5.74, 6) is 2.39. The average molecular weight is 297 g/mol. The number of hydrogen-bond acceptors (Lipinski definition) is 9. The lowest BCUT2D eigenvalue weighted by molar-refractivity contribution is 0.122. The van der Waals surface area contributed by atoms with E-state index in [4.69, 9.17) is 14.0 Å². The average Bonchev–Trinajstić information content (AvgIpc) is 3.15. The summed E-state index contributed by atoms with van der Waals surface area (Å²) in [5.41, 5.74) is 0. The Morgan fingerprint density at radius 2 is 2.15 bits per heavy atom. The lowest BCUT2D eigenvalue weighted by Gasteiger charge is -2.26. The minimum Gasteiger partial charge on any atom is -0.464 e. The molecule has 0 spiro atoms. The maximum Gasteiger partial charge on any atom is 0.271 e. The summed E-state index contributed by atoms with van der Waals surface area (Å²) in [6.45, 7) is 5.15. The molecule has 3 heterocycles. The topological polar surface area (TPSA) is 86.4 Å². The molecular weight excluding hydrogens is 282 g/mol. The van der Waals surface area contributed by atoms with E-state index in [1.165, 1.54) is 0 Å². The van der Waals surface area contributed by atoms with Crippen molar-refractivity contribution >= 4 is 17.5 Å². The van der Waals surface area contributed by atoms with Gasteiger partial charge in [0.15, 0.2) is 12.4 Å². The fourth-order valence-electron chi connectivity index (χ4n) is 1.86. The van der Waals surface area contributed by atoms with Crippen molar-refractivity contribution in [3.8, 4) is 5.88 Å². The molecule has 0 N–H and O–H groups in total. The summed E-state index contributed by atoms with van der Waals surface area (Å²) in [7, 11) is 0. The van der Waals surface area contributed by atoms with Gasteiger partial charge in [-0.3, -0.25) is 0 Å². The summed E-state index contributed by atoms with van der Waals surface area (Å²) in [5, 5.41) is 3.82. The summed E-state index contributed by atoms with van der Waals surface area (Å²) < 4.78 is 24.5. The first-order valence-corrected chi connectivity index (χ1v) is 7.19. The highest BCUT2D eigenvalue weighted by Gasteiger charge is 2.20. The summed E-state index contributed by atoms with van der Waals surface area (Å²) in [6.07, 6.45) is 0.737. The van der Waals surface area contributed by atoms with Crippen LogP contribution in [0.25, 0.3) is 0 Å². The van der Waals surface area contributed by atoms with Crippen LogP contribution in [0.1, 0.15) is 18.6 Å². The number of aryl methyl sites for hydroxylation is 1. The molecule has 1 aliphatic heterocycles. The molecule has 0 bridgehead atoms. The molecule has 0 atom stereocenters. The van der Waals surface area contributed by atoms with Crippen LogP contribution in [-0.4, -0.2) is 45.2 Å². The fraction of sp³-hybridized carbons (Fsp3) is 0.636. The molecule has 1 saturated heterocycles. The highest BCUT2D eigenvalue weighted by Crippen LogP contribution is 2.26. The number of hydrogen-bond donors (Lipinski definition) is 0. The number of nitrogens with zero attached hydrogens (tertiary/aromatic N) is 5. The molecule has 20 heavy (non-hydrogen) atoms. The van der Waals surface area contributed by atoms with Gasteiger partial charge >= 0.3 is 0 Å². The van der Waals surface area contributed by atoms with Crippen LogP contribution in [0.5, 0.6) is 5.88 Å². The summed E-state index contributed by atoms with van der Waals surface area (Å²) in [6, 6.07) is 0. The van der Waals surface area contributed by atoms with E-state index in [1.807, 2.05) is 6.92 Å². The van der Waals surface area contributed by atoms with E-state index in [0.717, 1.165) is 37.1 Å². The van der Waals surface area contributed by atoms with E-state index < -0.39 is 0 Å². The van der Waals surface area contributed by atoms with Gasteiger partial charge in [-0.05, 0) is 0 Å². The second kappa shape index (κ2) is 6.14. The lowest BCUT2D eigenvalue weighted by Crippen LogP contribution is -2.36. The molecule has 0 saturated carbocycles. The van der Waals surface area contributed by atoms with Gasteiger partial charge in [0.2, 0.25) is 5.82 Å². The minimum atomic E-state index is 0.204. The predicted octanol–water partition coefficient (Wildman–Crippen LogP) is 0.899. The second-order valence-electron chi connectivity index (χ2n) is 4.24. The number of anilines is 1. The second-order valence-corrected chi connectivity index (χ2v) is 4.77. The molecule has 0 amide bonds. The van der Waals surface area contributed by atoms with Gasteiger partial charge in [0.1, 0.15) is 0 Å². The Morgan fingerprint density at radius 3 is 2.90 bits per heavy atom. The van der Waals surface area contributed by atoms with Crippen molar-refractivity contribution in [2.24, 2.45) is 0 Å². The zero-order valence-electron chi connectivity index (χ0n) is 11.1. The highest BCUT2D eigenvalue weighted by atomic mass is 32.1. The van der Waals surface area contributed by atoms with E-state index in [1.54, 1.807) is 0 Å². The monoisotopic (exact) mass is 297 g/mol. The molecule has 0 radical (unpaired) electrons. The molecular formula is C11H15N5O3S. The molecule has 108 valence electrons. The highest BCUT2D eigenvalue weighted by molar-refractivity contribution is 6.99. The first kappa shape index (κ1) is 13.3. The molecule has 0 unspecified atom stereocenters. The molecule has 2 aromatic heterocycles. The van der Waals surface area contributed by atoms with Crippen molar-refractivity contribution in [3.63, 3.8) is 0 Å². The van der Waals surface area contributed by atoms with Crippen LogP contribution in [0.3, 0.4) is 0 Å². The molecule has 0 aliphatic carbocycles. The smallest absolute Gasteiger partial charge is 0.271 e. The molecule has 2 aromatic rings. The lowest BCUT2D eigenvalue weighted by atomic mass is 10.4. The zero-order chi connectivity index (χ0) is 13.8. The van der Waals surface area contributed by atoms with Gasteiger partial charge in [-0.1, -0.05) is 12.1 Å². The predicted molar refractivity (Wildman–Crippen MR) is 70.9 cm³/mol. The third kappa shape index (κ3) is 2.88. The van der Waals surface area contributed by atoms with Gasteiger partial charge in [0.05, 0.1) is 24.9 Å². The Labute approximate surface area is 120 Å². The molecule has 1 aliphatic rings. The number of aromatic nitrogens is 4. The van der Waals surface area contributed by atoms with Crippen LogP contribution in [0, 0.1) is 0 Å². The van der Waals surface area contributed by atoms with Crippen LogP contribution in [0.15, 0.2) is 4.52 Å². The Morgan fingerprint density at radius 1 is 1.30 bits per heavy atom. The standard InChI is InChI=1S/C11H15N5O3S/c1-2-8-12-9(19-13-8)7-18-11-10(14-20-15-11)16-3-5-17-6-4-16/h2-7H2,1H3. The van der Waals surface area contributed by atoms with Crippen LogP contribution in [0.2, 0.25) is 0 Å². The van der Waals surface area contributed by atoms with Crippen LogP contribution >= 0.6 is 11.7 Å². The third-order valence-corrected chi connectivity index (χ3v) is 3.41. The first-order valence-electron chi connectivity index (χ1n) is 6.46.